The number of hydrogen-bond donors (Lipinski definition) is 0. The molecule has 0 N–H and O–H groups in total. The lowest BCUT2D eigenvalue weighted by Gasteiger charge is -2.30. The van der Waals surface area contributed by atoms with Gasteiger partial charge in [-0.15, -0.1) is 0 Å². The Bertz CT molecular complexity index is 863. The minimum Gasteiger partial charge on any atom is -0.332 e. The molecule has 140 valence electrons. The molecular formula is C20H24BrNO3S. The highest BCUT2D eigenvalue weighted by molar-refractivity contribution is 9.10. The Morgan fingerprint density at radius 1 is 1.12 bits per heavy atom. The van der Waals surface area contributed by atoms with Crippen molar-refractivity contribution in [3.8, 4) is 0 Å². The van der Waals surface area contributed by atoms with Crippen molar-refractivity contribution in [1.82, 2.24) is 4.90 Å². The van der Waals surface area contributed by atoms with Crippen LogP contribution in [0.5, 0.6) is 0 Å². The average Bonchev–Trinajstić information content (AvgIpc) is 2.58. The van der Waals surface area contributed by atoms with Crippen LogP contribution in [0.2, 0.25) is 0 Å². The van der Waals surface area contributed by atoms with Crippen molar-refractivity contribution in [2.75, 3.05) is 12.8 Å². The van der Waals surface area contributed by atoms with Gasteiger partial charge in [-0.25, -0.2) is 8.42 Å². The van der Waals surface area contributed by atoms with Crippen molar-refractivity contribution in [1.29, 1.82) is 0 Å². The zero-order chi connectivity index (χ0) is 19.3. The molecule has 0 heterocycles. The van der Waals surface area contributed by atoms with Gasteiger partial charge in [0.1, 0.15) is 0 Å². The van der Waals surface area contributed by atoms with Crippen LogP contribution >= 0.6 is 15.9 Å². The van der Waals surface area contributed by atoms with Crippen molar-refractivity contribution in [3.63, 3.8) is 0 Å². The number of carbonyl (C=O) groups is 1. The molecule has 1 unspecified atom stereocenters. The predicted molar refractivity (Wildman–Crippen MR) is 109 cm³/mol. The normalized spacial score (nSPS) is 12.6. The highest BCUT2D eigenvalue weighted by Crippen LogP contribution is 2.29. The van der Waals surface area contributed by atoms with Gasteiger partial charge in [0.25, 0.3) is 5.91 Å². The van der Waals surface area contributed by atoms with Crippen LogP contribution in [0, 0.1) is 0 Å². The van der Waals surface area contributed by atoms with Gasteiger partial charge >= 0.3 is 0 Å². The monoisotopic (exact) mass is 437 g/mol. The minimum absolute atomic E-state index is 0.0203. The first-order valence-electron chi connectivity index (χ1n) is 8.55. The van der Waals surface area contributed by atoms with E-state index in [0.29, 0.717) is 17.7 Å². The quantitative estimate of drug-likeness (QED) is 0.635. The van der Waals surface area contributed by atoms with Crippen molar-refractivity contribution in [3.05, 3.63) is 69.7 Å². The van der Waals surface area contributed by atoms with E-state index in [1.165, 1.54) is 6.26 Å². The van der Waals surface area contributed by atoms with E-state index in [0.717, 1.165) is 16.5 Å². The zero-order valence-corrected chi connectivity index (χ0v) is 17.7. The summed E-state index contributed by atoms with van der Waals surface area (Å²) in [6.45, 7) is 4.71. The molecule has 0 fully saturated rings. The summed E-state index contributed by atoms with van der Waals surface area (Å²) in [6, 6.07) is 14.7. The topological polar surface area (TPSA) is 54.5 Å². The lowest BCUT2D eigenvalue weighted by Crippen LogP contribution is -2.34. The third-order valence-electron chi connectivity index (χ3n) is 4.18. The highest BCUT2D eigenvalue weighted by atomic mass is 79.9. The molecule has 0 radical (unpaired) electrons. The van der Waals surface area contributed by atoms with Crippen LogP contribution in [0.4, 0.5) is 0 Å². The van der Waals surface area contributed by atoms with E-state index in [4.69, 9.17) is 0 Å². The van der Waals surface area contributed by atoms with Gasteiger partial charge in [-0.05, 0) is 42.7 Å². The molecular weight excluding hydrogens is 414 g/mol. The van der Waals surface area contributed by atoms with Crippen LogP contribution in [0.1, 0.15) is 47.8 Å². The maximum Gasteiger partial charge on any atom is 0.254 e. The molecule has 0 aliphatic heterocycles. The fourth-order valence-electron chi connectivity index (χ4n) is 2.91. The van der Waals surface area contributed by atoms with E-state index in [1.807, 2.05) is 43.0 Å². The van der Waals surface area contributed by atoms with Crippen molar-refractivity contribution in [2.45, 2.75) is 32.1 Å². The Balaban J connectivity index is 2.26. The van der Waals surface area contributed by atoms with E-state index < -0.39 is 9.84 Å². The summed E-state index contributed by atoms with van der Waals surface area (Å²) in [4.78, 5) is 14.9. The average molecular weight is 438 g/mol. The third-order valence-corrected chi connectivity index (χ3v) is 5.76. The number of carbonyl (C=O) groups excluding carboxylic acids is 1. The maximum absolute atomic E-state index is 13.0. The second-order valence-corrected chi connectivity index (χ2v) is 9.46. The Morgan fingerprint density at radius 2 is 1.73 bits per heavy atom. The van der Waals surface area contributed by atoms with Crippen LogP contribution in [-0.2, 0) is 15.6 Å². The molecule has 4 nitrogen and oxygen atoms in total. The van der Waals surface area contributed by atoms with Crippen LogP contribution in [0.25, 0.3) is 0 Å². The summed E-state index contributed by atoms with van der Waals surface area (Å²) >= 11 is 3.56. The molecule has 2 rings (SSSR count). The summed E-state index contributed by atoms with van der Waals surface area (Å²) in [5, 5.41) is 0. The fraction of sp³-hybridized carbons (Fsp3) is 0.350. The Morgan fingerprint density at radius 3 is 2.27 bits per heavy atom. The van der Waals surface area contributed by atoms with Crippen LogP contribution in [0.15, 0.2) is 53.0 Å². The van der Waals surface area contributed by atoms with Crippen molar-refractivity contribution < 1.29 is 13.2 Å². The smallest absolute Gasteiger partial charge is 0.254 e. The predicted octanol–water partition coefficient (Wildman–Crippen LogP) is 4.61. The first-order valence-corrected chi connectivity index (χ1v) is 11.4. The Labute approximate surface area is 164 Å². The standard InChI is InChI=1S/C20H24BrNO3S/c1-4-13-22(15(2)18-7-5-6-8-19(18)21)20(23)17-11-9-16(10-12-17)14-26(3,24)25/h5-12,15H,4,13-14H2,1-3H3. The van der Waals surface area contributed by atoms with Gasteiger partial charge in [0.2, 0.25) is 0 Å². The van der Waals surface area contributed by atoms with E-state index >= 15 is 0 Å². The third kappa shape index (κ3) is 5.42. The lowest BCUT2D eigenvalue weighted by molar-refractivity contribution is 0.0690. The summed E-state index contributed by atoms with van der Waals surface area (Å²) in [6.07, 6.45) is 2.06. The van der Waals surface area contributed by atoms with Gasteiger partial charge in [-0.3, -0.25) is 4.79 Å². The van der Waals surface area contributed by atoms with E-state index in [1.54, 1.807) is 24.3 Å². The molecule has 0 bridgehead atoms. The summed E-state index contributed by atoms with van der Waals surface area (Å²) in [7, 11) is -3.09. The van der Waals surface area contributed by atoms with Gasteiger partial charge in [0.05, 0.1) is 11.8 Å². The molecule has 0 saturated carbocycles. The molecule has 26 heavy (non-hydrogen) atoms. The molecule has 2 aromatic carbocycles. The molecule has 0 spiro atoms. The van der Waals surface area contributed by atoms with E-state index in [-0.39, 0.29) is 17.7 Å². The number of benzene rings is 2. The van der Waals surface area contributed by atoms with Gasteiger partial charge < -0.3 is 4.90 Å². The van der Waals surface area contributed by atoms with Crippen LogP contribution in [-0.4, -0.2) is 32.0 Å². The summed E-state index contributed by atoms with van der Waals surface area (Å²) in [5.41, 5.74) is 2.31. The molecule has 2 aromatic rings. The maximum atomic E-state index is 13.0. The van der Waals surface area contributed by atoms with Gasteiger partial charge in [0, 0.05) is 22.8 Å². The second-order valence-electron chi connectivity index (χ2n) is 6.46. The highest BCUT2D eigenvalue weighted by Gasteiger charge is 2.23. The molecule has 1 amide bonds. The molecule has 0 aliphatic carbocycles. The fourth-order valence-corrected chi connectivity index (χ4v) is 4.32. The Hall–Kier alpha value is -1.66. The number of nitrogens with zero attached hydrogens (tertiary/aromatic N) is 1. The number of rotatable bonds is 7. The number of amides is 1. The first-order chi connectivity index (χ1) is 12.2. The largest absolute Gasteiger partial charge is 0.332 e. The van der Waals surface area contributed by atoms with Gasteiger partial charge in [-0.1, -0.05) is 53.2 Å². The van der Waals surface area contributed by atoms with E-state index in [2.05, 4.69) is 15.9 Å². The molecule has 1 atom stereocenters. The summed E-state index contributed by atoms with van der Waals surface area (Å²) < 4.78 is 23.8. The SMILES string of the molecule is CCCN(C(=O)c1ccc(CS(C)(=O)=O)cc1)C(C)c1ccccc1Br. The molecule has 6 heteroatoms. The summed E-state index contributed by atoms with van der Waals surface area (Å²) in [5.74, 6) is -0.0749. The van der Waals surface area contributed by atoms with Crippen molar-refractivity contribution in [2.24, 2.45) is 0 Å². The number of hydrogen-bond acceptors (Lipinski definition) is 3. The second kappa shape index (κ2) is 8.82. The van der Waals surface area contributed by atoms with Crippen LogP contribution < -0.4 is 0 Å². The molecule has 0 aromatic heterocycles. The zero-order valence-electron chi connectivity index (χ0n) is 15.3. The minimum atomic E-state index is -3.09. The van der Waals surface area contributed by atoms with Gasteiger partial charge in [-0.2, -0.15) is 0 Å². The first kappa shape index (κ1) is 20.6. The van der Waals surface area contributed by atoms with Crippen molar-refractivity contribution >= 4 is 31.7 Å². The molecule has 0 aliphatic rings. The van der Waals surface area contributed by atoms with E-state index in [9.17, 15) is 13.2 Å². The van der Waals surface area contributed by atoms with Gasteiger partial charge in [0.15, 0.2) is 9.84 Å². The van der Waals surface area contributed by atoms with Crippen LogP contribution in [0.3, 0.4) is 0 Å². The lowest BCUT2D eigenvalue weighted by atomic mass is 10.0. The number of sulfone groups is 1. The number of halogens is 1. The molecule has 0 saturated heterocycles. The Kier molecular flexibility index (Phi) is 7.01.